The predicted octanol–water partition coefficient (Wildman–Crippen LogP) is 5.57. The zero-order valence-corrected chi connectivity index (χ0v) is 13.7. The number of fused-ring (bicyclic) bond motifs is 1. The molecule has 0 unspecified atom stereocenters. The average Bonchev–Trinajstić information content (AvgIpc) is 2.50. The van der Waals surface area contributed by atoms with Gasteiger partial charge < -0.3 is 5.73 Å². The van der Waals surface area contributed by atoms with Crippen molar-refractivity contribution in [2.75, 3.05) is 5.73 Å². The molecule has 0 radical (unpaired) electrons. The zero-order valence-electron chi connectivity index (χ0n) is 12.1. The van der Waals surface area contributed by atoms with Gasteiger partial charge in [-0.3, -0.25) is 0 Å². The number of aromatic nitrogens is 1. The first kappa shape index (κ1) is 15.8. The number of pyridine rings is 1. The van der Waals surface area contributed by atoms with Crippen molar-refractivity contribution in [1.82, 2.24) is 4.98 Å². The van der Waals surface area contributed by atoms with Gasteiger partial charge in [0.25, 0.3) is 0 Å². The maximum Gasteiger partial charge on any atom is 0.417 e. The predicted molar refractivity (Wildman–Crippen MR) is 89.0 cm³/mol. The fourth-order valence-electron chi connectivity index (χ4n) is 2.45. The molecule has 0 aliphatic rings. The van der Waals surface area contributed by atoms with E-state index in [1.165, 1.54) is 12.1 Å². The van der Waals surface area contributed by atoms with Crippen LogP contribution in [0.25, 0.3) is 22.2 Å². The minimum absolute atomic E-state index is 0.0602. The fourth-order valence-corrected chi connectivity index (χ4v) is 2.71. The highest BCUT2D eigenvalue weighted by atomic mass is 79.9. The van der Waals surface area contributed by atoms with Crippen molar-refractivity contribution in [1.29, 1.82) is 0 Å². The lowest BCUT2D eigenvalue weighted by Crippen LogP contribution is -2.08. The van der Waals surface area contributed by atoms with Crippen molar-refractivity contribution in [2.45, 2.75) is 13.1 Å². The minimum Gasteiger partial charge on any atom is -0.398 e. The van der Waals surface area contributed by atoms with E-state index in [2.05, 4.69) is 20.9 Å². The van der Waals surface area contributed by atoms with Crippen LogP contribution in [0.1, 0.15) is 11.1 Å². The summed E-state index contributed by atoms with van der Waals surface area (Å²) in [6, 6.07) is 10.9. The number of anilines is 1. The van der Waals surface area contributed by atoms with Crippen LogP contribution in [-0.4, -0.2) is 4.98 Å². The van der Waals surface area contributed by atoms with Crippen molar-refractivity contribution in [3.05, 3.63) is 58.1 Å². The highest BCUT2D eigenvalue weighted by Gasteiger charge is 2.34. The third-order valence-corrected chi connectivity index (χ3v) is 4.25. The van der Waals surface area contributed by atoms with Gasteiger partial charge in [-0.1, -0.05) is 34.1 Å². The second-order valence-corrected chi connectivity index (χ2v) is 6.15. The van der Waals surface area contributed by atoms with Gasteiger partial charge in [0.1, 0.15) is 0 Å². The number of nitrogens with zero attached hydrogens (tertiary/aromatic N) is 1. The Hall–Kier alpha value is -2.08. The minimum atomic E-state index is -4.46. The summed E-state index contributed by atoms with van der Waals surface area (Å²) in [6.07, 6.45) is -4.46. The van der Waals surface area contributed by atoms with Crippen molar-refractivity contribution in [2.24, 2.45) is 0 Å². The lowest BCUT2D eigenvalue weighted by molar-refractivity contribution is -0.136. The van der Waals surface area contributed by atoms with Gasteiger partial charge in [-0.05, 0) is 36.8 Å². The molecule has 2 N–H and O–H groups in total. The van der Waals surface area contributed by atoms with Crippen LogP contribution in [0.15, 0.2) is 46.9 Å². The van der Waals surface area contributed by atoms with Crippen LogP contribution in [0.4, 0.5) is 18.9 Å². The van der Waals surface area contributed by atoms with E-state index in [-0.39, 0.29) is 16.6 Å². The first-order valence-electron chi connectivity index (χ1n) is 6.80. The molecule has 0 fully saturated rings. The fraction of sp³-hybridized carbons (Fsp3) is 0.118. The van der Waals surface area contributed by atoms with E-state index in [0.29, 0.717) is 16.8 Å². The van der Waals surface area contributed by atoms with Gasteiger partial charge in [0.05, 0.1) is 16.8 Å². The molecule has 3 aromatic rings. The quantitative estimate of drug-likeness (QED) is 0.560. The Kier molecular flexibility index (Phi) is 3.80. The molecule has 0 aliphatic heterocycles. The number of alkyl halides is 3. The Balaban J connectivity index is 2.36. The summed E-state index contributed by atoms with van der Waals surface area (Å²) in [5.41, 5.74) is 7.25. The molecule has 2 nitrogen and oxygen atoms in total. The van der Waals surface area contributed by atoms with E-state index in [1.807, 2.05) is 0 Å². The lowest BCUT2D eigenvalue weighted by atomic mass is 10.0. The molecule has 0 amide bonds. The van der Waals surface area contributed by atoms with Gasteiger partial charge in [-0.2, -0.15) is 13.2 Å². The van der Waals surface area contributed by atoms with E-state index >= 15 is 0 Å². The zero-order chi connectivity index (χ0) is 16.8. The topological polar surface area (TPSA) is 38.9 Å². The summed E-state index contributed by atoms with van der Waals surface area (Å²) in [6.45, 7) is 1.68. The van der Waals surface area contributed by atoms with Crippen molar-refractivity contribution in [3.63, 3.8) is 0 Å². The summed E-state index contributed by atoms with van der Waals surface area (Å²) >= 11 is 3.31. The molecule has 23 heavy (non-hydrogen) atoms. The van der Waals surface area contributed by atoms with Crippen molar-refractivity contribution < 1.29 is 13.2 Å². The molecule has 2 aromatic carbocycles. The monoisotopic (exact) mass is 380 g/mol. The second kappa shape index (κ2) is 5.53. The molecular weight excluding hydrogens is 369 g/mol. The van der Waals surface area contributed by atoms with Crippen molar-refractivity contribution >= 4 is 32.5 Å². The van der Waals surface area contributed by atoms with Gasteiger partial charge in [-0.25, -0.2) is 4.98 Å². The van der Waals surface area contributed by atoms with Crippen LogP contribution in [0.2, 0.25) is 0 Å². The maximum atomic E-state index is 13.4. The summed E-state index contributed by atoms with van der Waals surface area (Å²) in [5, 5.41) is 0.0602. The van der Waals surface area contributed by atoms with Gasteiger partial charge in [0.2, 0.25) is 0 Å². The van der Waals surface area contributed by atoms with Gasteiger partial charge in [-0.15, -0.1) is 0 Å². The Morgan fingerprint density at radius 2 is 1.70 bits per heavy atom. The molecule has 0 atom stereocenters. The number of nitrogen functional groups attached to an aromatic ring is 1. The maximum absolute atomic E-state index is 13.4. The normalized spacial score (nSPS) is 11.9. The summed E-state index contributed by atoms with van der Waals surface area (Å²) in [7, 11) is 0. The third-order valence-electron chi connectivity index (χ3n) is 3.72. The summed E-state index contributed by atoms with van der Waals surface area (Å²) in [5.74, 6) is 0. The van der Waals surface area contributed by atoms with Crippen LogP contribution >= 0.6 is 15.9 Å². The van der Waals surface area contributed by atoms with E-state index < -0.39 is 11.7 Å². The first-order chi connectivity index (χ1) is 10.8. The first-order valence-corrected chi connectivity index (χ1v) is 7.59. The van der Waals surface area contributed by atoms with E-state index in [1.54, 1.807) is 31.2 Å². The number of hydrogen-bond acceptors (Lipinski definition) is 2. The molecule has 6 heteroatoms. The van der Waals surface area contributed by atoms with Crippen LogP contribution in [0, 0.1) is 6.92 Å². The largest absolute Gasteiger partial charge is 0.417 e. The van der Waals surface area contributed by atoms with Gasteiger partial charge in [0.15, 0.2) is 0 Å². The van der Waals surface area contributed by atoms with Crippen LogP contribution in [-0.2, 0) is 6.18 Å². The van der Waals surface area contributed by atoms with Crippen LogP contribution < -0.4 is 5.73 Å². The Bertz CT molecular complexity index is 887. The summed E-state index contributed by atoms with van der Waals surface area (Å²) < 4.78 is 41.2. The molecule has 0 spiro atoms. The average molecular weight is 381 g/mol. The third kappa shape index (κ3) is 2.91. The number of rotatable bonds is 1. The Morgan fingerprint density at radius 3 is 2.30 bits per heavy atom. The van der Waals surface area contributed by atoms with Crippen molar-refractivity contribution in [3.8, 4) is 11.3 Å². The molecule has 1 aromatic heterocycles. The molecule has 118 valence electrons. The van der Waals surface area contributed by atoms with E-state index in [9.17, 15) is 13.2 Å². The SMILES string of the molecule is Cc1c(N)ccc2c(C(F)(F)F)cc(-c3ccc(Br)cc3)nc12. The number of nitrogens with two attached hydrogens (primary N) is 1. The highest BCUT2D eigenvalue weighted by Crippen LogP contribution is 2.38. The number of halogens is 4. The smallest absolute Gasteiger partial charge is 0.398 e. The standard InChI is InChI=1S/C17H12BrF3N2/c1-9-14(22)7-6-12-13(17(19,20)21)8-15(23-16(9)12)10-2-4-11(18)5-3-10/h2-8H,22H2,1H3. The second-order valence-electron chi connectivity index (χ2n) is 5.24. The number of benzene rings is 2. The molecule has 0 bridgehead atoms. The lowest BCUT2D eigenvalue weighted by Gasteiger charge is -2.15. The highest BCUT2D eigenvalue weighted by molar-refractivity contribution is 9.10. The molecular formula is C17H12BrF3N2. The number of aryl methyl sites for hydroxylation is 1. The van der Waals surface area contributed by atoms with Gasteiger partial charge in [0, 0.05) is 21.1 Å². The number of hydrogen-bond donors (Lipinski definition) is 1. The molecule has 0 saturated carbocycles. The molecule has 0 aliphatic carbocycles. The van der Waals surface area contributed by atoms with Crippen LogP contribution in [0.3, 0.4) is 0 Å². The van der Waals surface area contributed by atoms with E-state index in [4.69, 9.17) is 5.73 Å². The van der Waals surface area contributed by atoms with E-state index in [0.717, 1.165) is 10.5 Å². The van der Waals surface area contributed by atoms with Crippen LogP contribution in [0.5, 0.6) is 0 Å². The Labute approximate surface area is 139 Å². The molecule has 3 rings (SSSR count). The summed E-state index contributed by atoms with van der Waals surface area (Å²) in [4.78, 5) is 4.41. The molecule has 0 saturated heterocycles. The Morgan fingerprint density at radius 1 is 1.04 bits per heavy atom. The van der Waals surface area contributed by atoms with Gasteiger partial charge >= 0.3 is 6.18 Å². The molecule has 1 heterocycles.